The molecule has 0 aliphatic carbocycles. The number of aryl methyl sites for hydroxylation is 1. The van der Waals surface area contributed by atoms with Crippen molar-refractivity contribution in [2.45, 2.75) is 47.0 Å². The van der Waals surface area contributed by atoms with E-state index in [4.69, 9.17) is 0 Å². The molecule has 0 saturated heterocycles. The molecule has 0 radical (unpaired) electrons. The summed E-state index contributed by atoms with van der Waals surface area (Å²) in [5.74, 6) is 1.06. The molecule has 0 aromatic heterocycles. The predicted octanol–water partition coefficient (Wildman–Crippen LogP) is 5.38. The van der Waals surface area contributed by atoms with Gasteiger partial charge in [0.1, 0.15) is 5.75 Å². The zero-order valence-corrected chi connectivity index (χ0v) is 13.6. The highest BCUT2D eigenvalue weighted by Crippen LogP contribution is 2.37. The first-order valence-corrected chi connectivity index (χ1v) is 8.00. The Morgan fingerprint density at radius 3 is 2.14 bits per heavy atom. The van der Waals surface area contributed by atoms with E-state index in [1.54, 1.807) is 0 Å². The number of benzene rings is 2. The standard InChI is InChI=1S/C20H26O/c1-5-15-13-18(16-10-8-7-9-11-16)17(6-2)19(20(15)21)12-14(3)4/h7-11,13-14,21H,5-6,12H2,1-4H3. The van der Waals surface area contributed by atoms with Gasteiger partial charge in [0.15, 0.2) is 0 Å². The van der Waals surface area contributed by atoms with Crippen LogP contribution in [0.1, 0.15) is 44.4 Å². The largest absolute Gasteiger partial charge is 0.507 e. The number of phenolic OH excluding ortho intramolecular Hbond substituents is 1. The van der Waals surface area contributed by atoms with Gasteiger partial charge in [-0.05, 0) is 59.1 Å². The van der Waals surface area contributed by atoms with Crippen LogP contribution in [0, 0.1) is 5.92 Å². The van der Waals surface area contributed by atoms with E-state index in [9.17, 15) is 5.11 Å². The first-order valence-electron chi connectivity index (χ1n) is 8.00. The highest BCUT2D eigenvalue weighted by Gasteiger charge is 2.17. The summed E-state index contributed by atoms with van der Waals surface area (Å²) < 4.78 is 0. The molecule has 2 aromatic rings. The van der Waals surface area contributed by atoms with Crippen LogP contribution in [0.15, 0.2) is 36.4 Å². The summed E-state index contributed by atoms with van der Waals surface area (Å²) in [4.78, 5) is 0. The van der Waals surface area contributed by atoms with Crippen LogP contribution >= 0.6 is 0 Å². The minimum Gasteiger partial charge on any atom is -0.507 e. The van der Waals surface area contributed by atoms with Crippen molar-refractivity contribution in [3.63, 3.8) is 0 Å². The minimum atomic E-state index is 0.516. The summed E-state index contributed by atoms with van der Waals surface area (Å²) in [6.07, 6.45) is 2.74. The molecule has 112 valence electrons. The van der Waals surface area contributed by atoms with Gasteiger partial charge in [-0.25, -0.2) is 0 Å². The van der Waals surface area contributed by atoms with E-state index in [1.165, 1.54) is 16.7 Å². The van der Waals surface area contributed by atoms with Gasteiger partial charge in [0.25, 0.3) is 0 Å². The molecule has 1 nitrogen and oxygen atoms in total. The lowest BCUT2D eigenvalue weighted by molar-refractivity contribution is 0.455. The monoisotopic (exact) mass is 282 g/mol. The Kier molecular flexibility index (Phi) is 5.06. The van der Waals surface area contributed by atoms with Crippen molar-refractivity contribution in [3.8, 4) is 16.9 Å². The van der Waals surface area contributed by atoms with Crippen molar-refractivity contribution in [3.05, 3.63) is 53.1 Å². The third-order valence-electron chi connectivity index (χ3n) is 4.03. The number of hydrogen-bond acceptors (Lipinski definition) is 1. The van der Waals surface area contributed by atoms with E-state index >= 15 is 0 Å². The van der Waals surface area contributed by atoms with Gasteiger partial charge in [0, 0.05) is 0 Å². The van der Waals surface area contributed by atoms with E-state index < -0.39 is 0 Å². The third-order valence-corrected chi connectivity index (χ3v) is 4.03. The molecule has 2 aromatic carbocycles. The summed E-state index contributed by atoms with van der Waals surface area (Å²) in [5.41, 5.74) is 6.02. The number of rotatable bonds is 5. The normalized spacial score (nSPS) is 11.1. The zero-order chi connectivity index (χ0) is 15.4. The van der Waals surface area contributed by atoms with Crippen LogP contribution in [0.5, 0.6) is 5.75 Å². The summed E-state index contributed by atoms with van der Waals surface area (Å²) in [6, 6.07) is 12.7. The molecule has 0 aliphatic rings. The molecule has 0 atom stereocenters. The van der Waals surface area contributed by atoms with Crippen LogP contribution in [0.25, 0.3) is 11.1 Å². The molecule has 0 saturated carbocycles. The predicted molar refractivity (Wildman–Crippen MR) is 90.8 cm³/mol. The summed E-state index contributed by atoms with van der Waals surface area (Å²) in [7, 11) is 0. The van der Waals surface area contributed by atoms with E-state index in [1.807, 2.05) is 6.07 Å². The van der Waals surface area contributed by atoms with E-state index in [0.29, 0.717) is 11.7 Å². The Bertz CT molecular complexity index is 597. The second kappa shape index (κ2) is 6.80. The first-order chi connectivity index (χ1) is 10.1. The molecule has 2 rings (SSSR count). The maximum atomic E-state index is 10.6. The molecule has 0 aliphatic heterocycles. The number of hydrogen-bond donors (Lipinski definition) is 1. The first kappa shape index (κ1) is 15.6. The van der Waals surface area contributed by atoms with E-state index in [2.05, 4.69) is 58.0 Å². The fraction of sp³-hybridized carbons (Fsp3) is 0.400. The Hall–Kier alpha value is -1.76. The Morgan fingerprint density at radius 2 is 1.62 bits per heavy atom. The van der Waals surface area contributed by atoms with Crippen LogP contribution in [-0.4, -0.2) is 5.11 Å². The van der Waals surface area contributed by atoms with Gasteiger partial charge < -0.3 is 5.11 Å². The van der Waals surface area contributed by atoms with Crippen molar-refractivity contribution < 1.29 is 5.11 Å². The van der Waals surface area contributed by atoms with Crippen LogP contribution in [0.3, 0.4) is 0 Å². The van der Waals surface area contributed by atoms with Crippen LogP contribution in [-0.2, 0) is 19.3 Å². The Balaban J connectivity index is 2.69. The number of phenols is 1. The maximum absolute atomic E-state index is 10.6. The topological polar surface area (TPSA) is 20.2 Å². The smallest absolute Gasteiger partial charge is 0.122 e. The minimum absolute atomic E-state index is 0.516. The SMILES string of the molecule is CCc1cc(-c2ccccc2)c(CC)c(CC(C)C)c1O. The van der Waals surface area contributed by atoms with Crippen LogP contribution < -0.4 is 0 Å². The molecular formula is C20H26O. The van der Waals surface area contributed by atoms with Gasteiger partial charge in [-0.15, -0.1) is 0 Å². The second-order valence-corrected chi connectivity index (χ2v) is 6.06. The fourth-order valence-corrected chi connectivity index (χ4v) is 3.01. The average molecular weight is 282 g/mol. The van der Waals surface area contributed by atoms with Crippen molar-refractivity contribution >= 4 is 0 Å². The average Bonchev–Trinajstić information content (AvgIpc) is 2.49. The van der Waals surface area contributed by atoms with Gasteiger partial charge >= 0.3 is 0 Å². The van der Waals surface area contributed by atoms with Gasteiger partial charge in [-0.1, -0.05) is 58.0 Å². The Labute approximate surface area is 128 Å². The van der Waals surface area contributed by atoms with Crippen molar-refractivity contribution in [2.24, 2.45) is 5.92 Å². The van der Waals surface area contributed by atoms with Crippen LogP contribution in [0.4, 0.5) is 0 Å². The molecule has 1 heteroatoms. The summed E-state index contributed by atoms with van der Waals surface area (Å²) >= 11 is 0. The van der Waals surface area contributed by atoms with Gasteiger partial charge in [-0.2, -0.15) is 0 Å². The van der Waals surface area contributed by atoms with Gasteiger partial charge in [0.2, 0.25) is 0 Å². The maximum Gasteiger partial charge on any atom is 0.122 e. The lowest BCUT2D eigenvalue weighted by atomic mass is 9.86. The lowest BCUT2D eigenvalue weighted by Crippen LogP contribution is -2.04. The quantitative estimate of drug-likeness (QED) is 0.780. The summed E-state index contributed by atoms with van der Waals surface area (Å²) in [6.45, 7) is 8.70. The molecule has 1 N–H and O–H groups in total. The highest BCUT2D eigenvalue weighted by atomic mass is 16.3. The molecule has 0 amide bonds. The Morgan fingerprint density at radius 1 is 0.952 bits per heavy atom. The highest BCUT2D eigenvalue weighted by molar-refractivity contribution is 5.72. The van der Waals surface area contributed by atoms with Crippen molar-refractivity contribution in [2.75, 3.05) is 0 Å². The van der Waals surface area contributed by atoms with Crippen molar-refractivity contribution in [1.29, 1.82) is 0 Å². The second-order valence-electron chi connectivity index (χ2n) is 6.06. The van der Waals surface area contributed by atoms with Gasteiger partial charge in [-0.3, -0.25) is 0 Å². The lowest BCUT2D eigenvalue weighted by Gasteiger charge is -2.20. The van der Waals surface area contributed by atoms with Gasteiger partial charge in [0.05, 0.1) is 0 Å². The number of aromatic hydroxyl groups is 1. The molecule has 0 fully saturated rings. The molecule has 21 heavy (non-hydrogen) atoms. The van der Waals surface area contributed by atoms with Crippen molar-refractivity contribution in [1.82, 2.24) is 0 Å². The zero-order valence-electron chi connectivity index (χ0n) is 13.6. The molecule has 0 spiro atoms. The summed E-state index contributed by atoms with van der Waals surface area (Å²) in [5, 5.41) is 10.6. The molecule has 0 unspecified atom stereocenters. The molecule has 0 heterocycles. The van der Waals surface area contributed by atoms with E-state index in [0.717, 1.165) is 30.4 Å². The fourth-order valence-electron chi connectivity index (χ4n) is 3.01. The third kappa shape index (κ3) is 3.29. The molecular weight excluding hydrogens is 256 g/mol. The van der Waals surface area contributed by atoms with Crippen LogP contribution in [0.2, 0.25) is 0 Å². The van der Waals surface area contributed by atoms with E-state index in [-0.39, 0.29) is 0 Å². The molecule has 0 bridgehead atoms.